The van der Waals surface area contributed by atoms with Crippen LogP contribution in [0.3, 0.4) is 0 Å². The largest absolute Gasteiger partial charge is 0.392 e. The number of rotatable bonds is 3. The summed E-state index contributed by atoms with van der Waals surface area (Å²) in [7, 11) is 0. The van der Waals surface area contributed by atoms with Gasteiger partial charge in [0.25, 0.3) is 0 Å². The fraction of sp³-hybridized carbons (Fsp3) is 0.727. The van der Waals surface area contributed by atoms with E-state index in [0.29, 0.717) is 0 Å². The second-order valence-electron chi connectivity index (χ2n) is 4.34. The maximum absolute atomic E-state index is 9.50. The van der Waals surface area contributed by atoms with Gasteiger partial charge in [0.15, 0.2) is 0 Å². The molecule has 1 aliphatic heterocycles. The van der Waals surface area contributed by atoms with Crippen molar-refractivity contribution in [1.29, 1.82) is 0 Å². The molecule has 0 unspecified atom stereocenters. The maximum atomic E-state index is 9.50. The Morgan fingerprint density at radius 3 is 2.88 bits per heavy atom. The SMILES string of the molecule is CCn1nc(C)c(Br)c1CN1CC[C@H](O)C1. The maximum Gasteiger partial charge on any atom is 0.0739 e. The predicted molar refractivity (Wildman–Crippen MR) is 66.2 cm³/mol. The van der Waals surface area contributed by atoms with E-state index in [9.17, 15) is 5.11 Å². The van der Waals surface area contributed by atoms with Gasteiger partial charge in [-0.05, 0) is 36.2 Å². The van der Waals surface area contributed by atoms with Crippen molar-refractivity contribution in [3.05, 3.63) is 15.9 Å². The van der Waals surface area contributed by atoms with Crippen molar-refractivity contribution in [3.8, 4) is 0 Å². The Kier molecular flexibility index (Phi) is 3.66. The molecule has 1 N–H and O–H groups in total. The molecule has 0 aliphatic carbocycles. The molecule has 0 radical (unpaired) electrons. The van der Waals surface area contributed by atoms with Gasteiger partial charge in [0, 0.05) is 26.2 Å². The van der Waals surface area contributed by atoms with Gasteiger partial charge in [0.05, 0.1) is 22.0 Å². The van der Waals surface area contributed by atoms with Crippen molar-refractivity contribution < 1.29 is 5.11 Å². The van der Waals surface area contributed by atoms with E-state index in [4.69, 9.17) is 0 Å². The number of β-amino-alcohol motifs (C(OH)–C–C–N with tert-alkyl or cyclic N) is 1. The van der Waals surface area contributed by atoms with E-state index < -0.39 is 0 Å². The summed E-state index contributed by atoms with van der Waals surface area (Å²) >= 11 is 3.59. The summed E-state index contributed by atoms with van der Waals surface area (Å²) in [5.74, 6) is 0. The zero-order valence-electron chi connectivity index (χ0n) is 9.78. The molecule has 0 saturated carbocycles. The first-order valence-electron chi connectivity index (χ1n) is 5.74. The zero-order valence-corrected chi connectivity index (χ0v) is 11.4. The number of aromatic nitrogens is 2. The van der Waals surface area contributed by atoms with Gasteiger partial charge in [-0.15, -0.1) is 0 Å². The summed E-state index contributed by atoms with van der Waals surface area (Å²) in [6.07, 6.45) is 0.731. The van der Waals surface area contributed by atoms with Gasteiger partial charge in [-0.3, -0.25) is 9.58 Å². The van der Waals surface area contributed by atoms with Gasteiger partial charge in [0.1, 0.15) is 0 Å². The standard InChI is InChI=1S/C11H18BrN3O/c1-3-15-10(11(12)8(2)13-15)7-14-5-4-9(16)6-14/h9,16H,3-7H2,1-2H3/t9-/m0/s1. The third kappa shape index (κ3) is 2.31. The highest BCUT2D eigenvalue weighted by atomic mass is 79.9. The molecule has 2 rings (SSSR count). The number of hydrogen-bond acceptors (Lipinski definition) is 3. The van der Waals surface area contributed by atoms with E-state index in [2.05, 4.69) is 32.9 Å². The van der Waals surface area contributed by atoms with Crippen LogP contribution in [0.1, 0.15) is 24.7 Å². The van der Waals surface area contributed by atoms with Gasteiger partial charge in [0.2, 0.25) is 0 Å². The first kappa shape index (κ1) is 12.1. The summed E-state index contributed by atoms with van der Waals surface area (Å²) < 4.78 is 3.14. The number of nitrogens with zero attached hydrogens (tertiary/aromatic N) is 3. The van der Waals surface area contributed by atoms with E-state index >= 15 is 0 Å². The Labute approximate surface area is 104 Å². The lowest BCUT2D eigenvalue weighted by molar-refractivity contribution is 0.173. The zero-order chi connectivity index (χ0) is 11.7. The third-order valence-corrected chi connectivity index (χ3v) is 4.11. The monoisotopic (exact) mass is 287 g/mol. The molecule has 0 bridgehead atoms. The van der Waals surface area contributed by atoms with Gasteiger partial charge in [-0.2, -0.15) is 5.10 Å². The van der Waals surface area contributed by atoms with Crippen LogP contribution in [-0.4, -0.2) is 39.0 Å². The summed E-state index contributed by atoms with van der Waals surface area (Å²) in [6, 6.07) is 0. The van der Waals surface area contributed by atoms with Gasteiger partial charge < -0.3 is 5.11 Å². The molecule has 1 fully saturated rings. The Bertz CT molecular complexity index is 378. The van der Waals surface area contributed by atoms with Crippen LogP contribution in [0.15, 0.2) is 4.47 Å². The van der Waals surface area contributed by atoms with Crippen molar-refractivity contribution in [3.63, 3.8) is 0 Å². The van der Waals surface area contributed by atoms with Crippen LogP contribution in [0.25, 0.3) is 0 Å². The molecule has 1 aliphatic rings. The van der Waals surface area contributed by atoms with E-state index in [1.807, 2.05) is 11.6 Å². The number of halogens is 1. The fourth-order valence-electron chi connectivity index (χ4n) is 2.19. The summed E-state index contributed by atoms with van der Waals surface area (Å²) in [5.41, 5.74) is 2.26. The van der Waals surface area contributed by atoms with E-state index in [0.717, 1.165) is 42.8 Å². The van der Waals surface area contributed by atoms with Gasteiger partial charge in [-0.25, -0.2) is 0 Å². The molecule has 1 saturated heterocycles. The fourth-order valence-corrected chi connectivity index (χ4v) is 2.60. The Hall–Kier alpha value is -0.390. The highest BCUT2D eigenvalue weighted by Gasteiger charge is 2.23. The van der Waals surface area contributed by atoms with E-state index in [1.165, 1.54) is 5.69 Å². The van der Waals surface area contributed by atoms with Crippen LogP contribution in [0.2, 0.25) is 0 Å². The van der Waals surface area contributed by atoms with Crippen LogP contribution < -0.4 is 0 Å². The van der Waals surface area contributed by atoms with Gasteiger partial charge >= 0.3 is 0 Å². The second kappa shape index (κ2) is 4.85. The van der Waals surface area contributed by atoms with Crippen molar-refractivity contribution >= 4 is 15.9 Å². The van der Waals surface area contributed by atoms with Crippen molar-refractivity contribution in [2.45, 2.75) is 39.5 Å². The molecule has 1 atom stereocenters. The van der Waals surface area contributed by atoms with Crippen molar-refractivity contribution in [1.82, 2.24) is 14.7 Å². The molecular weight excluding hydrogens is 270 g/mol. The molecule has 5 heteroatoms. The minimum atomic E-state index is -0.155. The molecule has 0 amide bonds. The number of aliphatic hydroxyl groups excluding tert-OH is 1. The van der Waals surface area contributed by atoms with Crippen molar-refractivity contribution in [2.75, 3.05) is 13.1 Å². The molecule has 0 aromatic carbocycles. The molecule has 0 spiro atoms. The van der Waals surface area contributed by atoms with Crippen LogP contribution in [0, 0.1) is 6.92 Å². The van der Waals surface area contributed by atoms with E-state index in [-0.39, 0.29) is 6.10 Å². The van der Waals surface area contributed by atoms with Crippen LogP contribution >= 0.6 is 15.9 Å². The lowest BCUT2D eigenvalue weighted by atomic mass is 10.3. The van der Waals surface area contributed by atoms with Crippen molar-refractivity contribution in [2.24, 2.45) is 0 Å². The molecule has 1 aromatic rings. The lowest BCUT2D eigenvalue weighted by Crippen LogP contribution is -2.23. The molecule has 1 aromatic heterocycles. The Morgan fingerprint density at radius 2 is 2.31 bits per heavy atom. The highest BCUT2D eigenvalue weighted by molar-refractivity contribution is 9.10. The van der Waals surface area contributed by atoms with E-state index in [1.54, 1.807) is 0 Å². The lowest BCUT2D eigenvalue weighted by Gasteiger charge is -2.15. The number of hydrogen-bond donors (Lipinski definition) is 1. The topological polar surface area (TPSA) is 41.3 Å². The molecule has 4 nitrogen and oxygen atoms in total. The minimum absolute atomic E-state index is 0.155. The summed E-state index contributed by atoms with van der Waals surface area (Å²) in [4.78, 5) is 2.28. The molecule has 16 heavy (non-hydrogen) atoms. The Balaban J connectivity index is 2.14. The summed E-state index contributed by atoms with van der Waals surface area (Å²) in [6.45, 7) is 7.62. The van der Waals surface area contributed by atoms with Crippen LogP contribution in [0.5, 0.6) is 0 Å². The molecular formula is C11H18BrN3O. The smallest absolute Gasteiger partial charge is 0.0739 e. The molecule has 2 heterocycles. The number of aryl methyl sites for hydroxylation is 2. The highest BCUT2D eigenvalue weighted by Crippen LogP contribution is 2.23. The quantitative estimate of drug-likeness (QED) is 0.917. The predicted octanol–water partition coefficient (Wildman–Crippen LogP) is 1.54. The van der Waals surface area contributed by atoms with Crippen LogP contribution in [-0.2, 0) is 13.1 Å². The number of aliphatic hydroxyl groups is 1. The minimum Gasteiger partial charge on any atom is -0.392 e. The average Bonchev–Trinajstić information content (AvgIpc) is 2.77. The van der Waals surface area contributed by atoms with Gasteiger partial charge in [-0.1, -0.05) is 0 Å². The number of likely N-dealkylation sites (tertiary alicyclic amines) is 1. The summed E-state index contributed by atoms with van der Waals surface area (Å²) in [5, 5.41) is 14.0. The van der Waals surface area contributed by atoms with Crippen LogP contribution in [0.4, 0.5) is 0 Å². The second-order valence-corrected chi connectivity index (χ2v) is 5.13. The Morgan fingerprint density at radius 1 is 1.56 bits per heavy atom. The first-order valence-corrected chi connectivity index (χ1v) is 6.53. The normalized spacial score (nSPS) is 21.9. The average molecular weight is 288 g/mol. The third-order valence-electron chi connectivity index (χ3n) is 3.07. The first-order chi connectivity index (χ1) is 7.61. The molecule has 90 valence electrons.